The zero-order chi connectivity index (χ0) is 20.9. The molecule has 0 spiro atoms. The fraction of sp³-hybridized carbons (Fsp3) is 0.120. The number of hydrogen-bond acceptors (Lipinski definition) is 3. The van der Waals surface area contributed by atoms with E-state index in [-0.39, 0.29) is 5.91 Å². The van der Waals surface area contributed by atoms with Crippen LogP contribution in [0.4, 0.5) is 0 Å². The summed E-state index contributed by atoms with van der Waals surface area (Å²) in [5.74, 6) is 0.201. The van der Waals surface area contributed by atoms with Crippen LogP contribution in [0.3, 0.4) is 0 Å². The zero-order valence-corrected chi connectivity index (χ0v) is 17.0. The maximum Gasteiger partial charge on any atom is 0.275 e. The highest BCUT2D eigenvalue weighted by molar-refractivity contribution is 6.01. The van der Waals surface area contributed by atoms with E-state index in [0.717, 1.165) is 23.0 Å². The number of aryl methyl sites for hydroxylation is 1. The molecule has 4 rings (SSSR count). The first kappa shape index (κ1) is 19.5. The van der Waals surface area contributed by atoms with Crippen LogP contribution in [-0.4, -0.2) is 23.8 Å². The number of nitrogens with one attached hydrogen (secondary N) is 1. The Kier molecular flexibility index (Phi) is 5.61. The Morgan fingerprint density at radius 1 is 1.03 bits per heavy atom. The molecule has 1 heterocycles. The minimum atomic E-state index is -0.313. The first-order valence-corrected chi connectivity index (χ1v) is 9.75. The quantitative estimate of drug-likeness (QED) is 0.376. The van der Waals surface area contributed by atoms with Crippen LogP contribution < -0.4 is 10.2 Å². The first-order valence-electron chi connectivity index (χ1n) is 9.75. The second kappa shape index (κ2) is 8.66. The van der Waals surface area contributed by atoms with Gasteiger partial charge in [0.05, 0.1) is 18.9 Å². The van der Waals surface area contributed by atoms with Crippen LogP contribution in [-0.2, 0) is 6.54 Å². The highest BCUT2D eigenvalue weighted by atomic mass is 16.5. The van der Waals surface area contributed by atoms with Gasteiger partial charge in [0.15, 0.2) is 0 Å². The van der Waals surface area contributed by atoms with Gasteiger partial charge in [0.2, 0.25) is 0 Å². The van der Waals surface area contributed by atoms with E-state index in [2.05, 4.69) is 64.6 Å². The van der Waals surface area contributed by atoms with E-state index in [1.165, 1.54) is 18.2 Å². The van der Waals surface area contributed by atoms with Gasteiger partial charge in [-0.3, -0.25) is 4.79 Å². The lowest BCUT2D eigenvalue weighted by Gasteiger charge is -2.06. The number of hydrazone groups is 1. The molecule has 4 aromatic rings. The van der Waals surface area contributed by atoms with Gasteiger partial charge in [-0.15, -0.1) is 0 Å². The number of para-hydroxylation sites is 2. The summed E-state index contributed by atoms with van der Waals surface area (Å²) in [6.07, 6.45) is 3.74. The topological polar surface area (TPSA) is 55.6 Å². The highest BCUT2D eigenvalue weighted by Crippen LogP contribution is 2.21. The molecule has 3 aromatic carbocycles. The predicted molar refractivity (Wildman–Crippen MR) is 120 cm³/mol. The van der Waals surface area contributed by atoms with Crippen molar-refractivity contribution >= 4 is 23.0 Å². The summed E-state index contributed by atoms with van der Waals surface area (Å²) in [5.41, 5.74) is 7.58. The molecule has 0 bridgehead atoms. The van der Waals surface area contributed by atoms with E-state index < -0.39 is 0 Å². The van der Waals surface area contributed by atoms with Gasteiger partial charge in [-0.2, -0.15) is 5.10 Å². The van der Waals surface area contributed by atoms with Crippen molar-refractivity contribution < 1.29 is 9.53 Å². The number of aromatic nitrogens is 1. The highest BCUT2D eigenvalue weighted by Gasteiger charge is 2.11. The number of ether oxygens (including phenoxy) is 1. The van der Waals surface area contributed by atoms with E-state index in [4.69, 9.17) is 4.74 Å². The van der Waals surface area contributed by atoms with Crippen molar-refractivity contribution in [3.8, 4) is 5.75 Å². The predicted octanol–water partition coefficient (Wildman–Crippen LogP) is 4.77. The number of rotatable bonds is 6. The summed E-state index contributed by atoms with van der Waals surface area (Å²) in [4.78, 5) is 12.4. The molecule has 0 aliphatic carbocycles. The molecular formula is C25H23N3O2. The summed E-state index contributed by atoms with van der Waals surface area (Å²) in [6, 6.07) is 23.8. The molecule has 0 saturated carbocycles. The molecule has 5 heteroatoms. The lowest BCUT2D eigenvalue weighted by atomic mass is 10.1. The first-order chi connectivity index (χ1) is 14.7. The summed E-state index contributed by atoms with van der Waals surface area (Å²) in [7, 11) is 1.54. The smallest absolute Gasteiger partial charge is 0.275 e. The average Bonchev–Trinajstić information content (AvgIpc) is 3.12. The third-order valence-electron chi connectivity index (χ3n) is 5.01. The van der Waals surface area contributed by atoms with Crippen molar-refractivity contribution in [2.24, 2.45) is 5.10 Å². The van der Waals surface area contributed by atoms with Gasteiger partial charge < -0.3 is 9.30 Å². The van der Waals surface area contributed by atoms with Crippen molar-refractivity contribution in [2.75, 3.05) is 7.11 Å². The van der Waals surface area contributed by atoms with Gasteiger partial charge in [-0.1, -0.05) is 60.2 Å². The molecule has 1 amide bonds. The molecular weight excluding hydrogens is 374 g/mol. The molecule has 0 aliphatic rings. The van der Waals surface area contributed by atoms with E-state index in [1.54, 1.807) is 24.4 Å². The summed E-state index contributed by atoms with van der Waals surface area (Å²) < 4.78 is 7.44. The van der Waals surface area contributed by atoms with Crippen molar-refractivity contribution in [3.05, 3.63) is 101 Å². The summed E-state index contributed by atoms with van der Waals surface area (Å²) in [5, 5.41) is 5.27. The van der Waals surface area contributed by atoms with E-state index in [1.807, 2.05) is 18.2 Å². The van der Waals surface area contributed by atoms with Crippen LogP contribution in [0.1, 0.15) is 27.0 Å². The monoisotopic (exact) mass is 397 g/mol. The minimum absolute atomic E-state index is 0.313. The molecule has 150 valence electrons. The largest absolute Gasteiger partial charge is 0.496 e. The molecule has 0 saturated heterocycles. The number of amides is 1. The normalized spacial score (nSPS) is 11.1. The van der Waals surface area contributed by atoms with Crippen LogP contribution in [0.5, 0.6) is 5.75 Å². The fourth-order valence-corrected chi connectivity index (χ4v) is 3.45. The Labute approximate surface area is 175 Å². The van der Waals surface area contributed by atoms with Gasteiger partial charge in [0, 0.05) is 29.2 Å². The van der Waals surface area contributed by atoms with E-state index in [9.17, 15) is 4.79 Å². The Bertz CT molecular complexity index is 1210. The Morgan fingerprint density at radius 3 is 2.57 bits per heavy atom. The minimum Gasteiger partial charge on any atom is -0.496 e. The van der Waals surface area contributed by atoms with E-state index in [0.29, 0.717) is 11.3 Å². The Morgan fingerprint density at radius 2 is 1.77 bits per heavy atom. The Hall–Kier alpha value is -3.86. The van der Waals surface area contributed by atoms with Gasteiger partial charge in [-0.25, -0.2) is 5.43 Å². The molecule has 5 nitrogen and oxygen atoms in total. The number of hydrogen-bond donors (Lipinski definition) is 1. The molecule has 30 heavy (non-hydrogen) atoms. The molecule has 1 aromatic heterocycles. The van der Waals surface area contributed by atoms with Crippen LogP contribution in [0.25, 0.3) is 10.9 Å². The average molecular weight is 397 g/mol. The fourth-order valence-electron chi connectivity index (χ4n) is 3.45. The van der Waals surface area contributed by atoms with Gasteiger partial charge in [0.1, 0.15) is 5.75 Å². The number of fused-ring (bicyclic) bond motifs is 1. The summed E-state index contributed by atoms with van der Waals surface area (Å²) in [6.45, 7) is 2.85. The molecule has 0 unspecified atom stereocenters. The second-order valence-corrected chi connectivity index (χ2v) is 7.11. The number of nitrogens with zero attached hydrogens (tertiary/aromatic N) is 2. The van der Waals surface area contributed by atoms with Crippen LogP contribution in [0.15, 0.2) is 84.1 Å². The van der Waals surface area contributed by atoms with Crippen molar-refractivity contribution in [2.45, 2.75) is 13.5 Å². The maximum atomic E-state index is 12.4. The standard InChI is InChI=1S/C25H23N3O2/c1-18-11-13-19(14-12-18)16-28-17-20(21-7-3-5-9-23(21)28)15-26-27-25(29)22-8-4-6-10-24(22)30-2/h3-15,17H,16H2,1-2H3,(H,27,29)/b26-15-. The number of carbonyl (C=O) groups excluding carboxylic acids is 1. The Balaban J connectivity index is 1.57. The lowest BCUT2D eigenvalue weighted by molar-refractivity contribution is 0.0952. The van der Waals surface area contributed by atoms with Crippen LogP contribution >= 0.6 is 0 Å². The zero-order valence-electron chi connectivity index (χ0n) is 17.0. The maximum absolute atomic E-state index is 12.4. The third-order valence-corrected chi connectivity index (χ3v) is 5.01. The lowest BCUT2D eigenvalue weighted by Crippen LogP contribution is -2.18. The molecule has 0 fully saturated rings. The number of carbonyl (C=O) groups is 1. The summed E-state index contributed by atoms with van der Waals surface area (Å²) >= 11 is 0. The molecule has 0 radical (unpaired) electrons. The third kappa shape index (κ3) is 4.10. The molecule has 0 atom stereocenters. The van der Waals surface area contributed by atoms with Crippen molar-refractivity contribution in [1.29, 1.82) is 0 Å². The number of benzene rings is 3. The van der Waals surface area contributed by atoms with Gasteiger partial charge in [-0.05, 0) is 30.7 Å². The van der Waals surface area contributed by atoms with Crippen molar-refractivity contribution in [3.63, 3.8) is 0 Å². The number of methoxy groups -OCH3 is 1. The van der Waals surface area contributed by atoms with Crippen LogP contribution in [0.2, 0.25) is 0 Å². The SMILES string of the molecule is COc1ccccc1C(=O)N/N=C\c1cn(Cc2ccc(C)cc2)c2ccccc12. The molecule has 1 N–H and O–H groups in total. The second-order valence-electron chi connectivity index (χ2n) is 7.11. The van der Waals surface area contributed by atoms with Crippen LogP contribution in [0, 0.1) is 6.92 Å². The van der Waals surface area contributed by atoms with Gasteiger partial charge >= 0.3 is 0 Å². The van der Waals surface area contributed by atoms with Crippen molar-refractivity contribution in [1.82, 2.24) is 9.99 Å². The molecule has 0 aliphatic heterocycles. The van der Waals surface area contributed by atoms with E-state index >= 15 is 0 Å². The van der Waals surface area contributed by atoms with Gasteiger partial charge in [0.25, 0.3) is 5.91 Å².